The lowest BCUT2D eigenvalue weighted by Crippen LogP contribution is -2.37. The summed E-state index contributed by atoms with van der Waals surface area (Å²) in [5.74, 6) is 2.27. The zero-order valence-electron chi connectivity index (χ0n) is 35.9. The average molecular weight is 865 g/mol. The maximum absolute atomic E-state index is 13.2. The van der Waals surface area contributed by atoms with Crippen LogP contribution >= 0.6 is 0 Å². The zero-order chi connectivity index (χ0) is 43.9. The molecule has 0 radical (unpaired) electrons. The van der Waals surface area contributed by atoms with Crippen molar-refractivity contribution < 1.29 is 40.2 Å². The summed E-state index contributed by atoms with van der Waals surface area (Å²) in [6.45, 7) is 17.3. The van der Waals surface area contributed by atoms with E-state index >= 15 is 0 Å². The van der Waals surface area contributed by atoms with Crippen molar-refractivity contribution in [1.29, 1.82) is 0 Å². The summed E-state index contributed by atoms with van der Waals surface area (Å²) >= 11 is 0. The molecule has 2 aliphatic rings. The van der Waals surface area contributed by atoms with Gasteiger partial charge in [-0.2, -0.15) is 8.61 Å². The molecule has 0 spiro atoms. The minimum atomic E-state index is -3.80. The lowest BCUT2D eigenvalue weighted by molar-refractivity contribution is 0.147. The van der Waals surface area contributed by atoms with Gasteiger partial charge in [-0.15, -0.1) is 0 Å². The molecule has 0 N–H and O–H groups in total. The normalized spacial score (nSPS) is 15.2. The van der Waals surface area contributed by atoms with Gasteiger partial charge in [0.05, 0.1) is 6.61 Å². The molecule has 0 amide bonds. The van der Waals surface area contributed by atoms with E-state index in [2.05, 4.69) is 9.97 Å². The first-order valence-electron chi connectivity index (χ1n) is 20.1. The SMILES string of the molecule is CC(C)N(Cc1cc2c(c(OCCF)c1)OC(C)(C)C=C2)S(=O)(=O)c1ccccn1.CCCOc1cc(CN(C(C)C)S(=O)(=O)c2ccccn2)cc2c1OC(C)(C)C=C2. The van der Waals surface area contributed by atoms with Crippen molar-refractivity contribution in [1.82, 2.24) is 18.6 Å². The van der Waals surface area contributed by atoms with Crippen molar-refractivity contribution in [2.24, 2.45) is 0 Å². The first-order valence-corrected chi connectivity index (χ1v) is 22.9. The fourth-order valence-electron chi connectivity index (χ4n) is 6.45. The Kier molecular flexibility index (Phi) is 14.8. The van der Waals surface area contributed by atoms with Gasteiger partial charge in [-0.05, 0) is 134 Å². The van der Waals surface area contributed by atoms with Crippen LogP contribution in [0.5, 0.6) is 23.0 Å². The number of fused-ring (bicyclic) bond motifs is 2. The molecule has 0 aliphatic carbocycles. The Balaban J connectivity index is 0.000000228. The van der Waals surface area contributed by atoms with Gasteiger partial charge in [0.25, 0.3) is 20.0 Å². The van der Waals surface area contributed by atoms with Crippen LogP contribution in [0, 0.1) is 0 Å². The third-order valence-electron chi connectivity index (χ3n) is 9.39. The second kappa shape index (κ2) is 19.3. The van der Waals surface area contributed by atoms with Gasteiger partial charge in [-0.25, -0.2) is 31.2 Å². The predicted octanol–water partition coefficient (Wildman–Crippen LogP) is 8.87. The van der Waals surface area contributed by atoms with Gasteiger partial charge in [0, 0.05) is 48.7 Å². The summed E-state index contributed by atoms with van der Waals surface area (Å²) < 4.78 is 92.0. The molecule has 6 rings (SSSR count). The summed E-state index contributed by atoms with van der Waals surface area (Å²) in [6.07, 6.45) is 11.6. The Morgan fingerprint density at radius 2 is 1.08 bits per heavy atom. The van der Waals surface area contributed by atoms with Crippen LogP contribution in [0.15, 0.2) is 95.3 Å². The fourth-order valence-corrected chi connectivity index (χ4v) is 9.57. The number of benzene rings is 2. The van der Waals surface area contributed by atoms with Gasteiger partial charge in [0.2, 0.25) is 0 Å². The molecule has 4 heterocycles. The zero-order valence-corrected chi connectivity index (χ0v) is 37.5. The van der Waals surface area contributed by atoms with E-state index in [1.807, 2.05) is 105 Å². The molecule has 60 heavy (non-hydrogen) atoms. The van der Waals surface area contributed by atoms with Gasteiger partial charge >= 0.3 is 0 Å². The molecule has 2 aliphatic heterocycles. The third kappa shape index (κ3) is 11.3. The van der Waals surface area contributed by atoms with Crippen molar-refractivity contribution in [2.45, 2.75) is 115 Å². The summed E-state index contributed by atoms with van der Waals surface area (Å²) in [6, 6.07) is 16.6. The van der Waals surface area contributed by atoms with E-state index in [1.54, 1.807) is 30.3 Å². The molecule has 0 fully saturated rings. The first kappa shape index (κ1) is 46.2. The van der Waals surface area contributed by atoms with Crippen molar-refractivity contribution in [3.8, 4) is 23.0 Å². The Bertz CT molecular complexity index is 2200. The molecular weight excluding hydrogens is 808 g/mol. The number of hydrogen-bond donors (Lipinski definition) is 0. The number of hydrogen-bond acceptors (Lipinski definition) is 10. The lowest BCUT2D eigenvalue weighted by atomic mass is 10.00. The van der Waals surface area contributed by atoms with E-state index in [0.717, 1.165) is 23.1 Å². The number of sulfonamides is 2. The number of alkyl halides is 1. The molecular formula is C45H57FN4O8S2. The van der Waals surface area contributed by atoms with Crippen LogP contribution in [0.2, 0.25) is 0 Å². The Morgan fingerprint density at radius 1 is 0.667 bits per heavy atom. The molecule has 0 saturated heterocycles. The Labute approximate surface area is 355 Å². The summed E-state index contributed by atoms with van der Waals surface area (Å²) in [5.41, 5.74) is 2.25. The maximum atomic E-state index is 13.2. The van der Waals surface area contributed by atoms with E-state index < -0.39 is 37.9 Å². The van der Waals surface area contributed by atoms with Crippen molar-refractivity contribution in [3.05, 3.63) is 107 Å². The number of halogens is 1. The van der Waals surface area contributed by atoms with Crippen LogP contribution in [-0.2, 0) is 33.1 Å². The minimum Gasteiger partial charge on any atom is -0.490 e. The third-order valence-corrected chi connectivity index (χ3v) is 13.3. The summed E-state index contributed by atoms with van der Waals surface area (Å²) in [5, 5.41) is 0.0413. The van der Waals surface area contributed by atoms with E-state index in [-0.39, 0.29) is 41.8 Å². The molecule has 0 atom stereocenters. The first-order chi connectivity index (χ1) is 28.3. The van der Waals surface area contributed by atoms with Crippen molar-refractivity contribution in [3.63, 3.8) is 0 Å². The number of pyridine rings is 2. The minimum absolute atomic E-state index is 0.00413. The standard InChI is InChI=1S/C23H30N2O4S.C22H27FN2O4S/c1-6-13-28-20-15-18(14-19-10-11-23(4,5)29-22(19)20)16-25(17(2)3)30(26,27)21-9-7-8-12-24-21;1-16(2)25(30(26,27)20-7-5-6-11-24-20)15-17-13-18-8-9-22(3,4)29-21(18)19(14-17)28-12-10-23/h7-12,14-15,17H,6,13,16H2,1-5H3;5-9,11,13-14,16H,10,12,15H2,1-4H3. The topological polar surface area (TPSA) is 137 Å². The molecule has 0 saturated carbocycles. The summed E-state index contributed by atoms with van der Waals surface area (Å²) in [7, 11) is -7.53. The molecule has 2 aromatic heterocycles. The maximum Gasteiger partial charge on any atom is 0.261 e. The Morgan fingerprint density at radius 3 is 1.43 bits per heavy atom. The average Bonchev–Trinajstić information content (AvgIpc) is 3.20. The fraction of sp³-hybridized carbons (Fsp3) is 0.422. The van der Waals surface area contributed by atoms with E-state index in [9.17, 15) is 21.2 Å². The number of ether oxygens (including phenoxy) is 4. The van der Waals surface area contributed by atoms with E-state index in [1.165, 1.54) is 33.1 Å². The predicted molar refractivity (Wildman–Crippen MR) is 232 cm³/mol. The second-order valence-corrected chi connectivity index (χ2v) is 19.8. The highest BCUT2D eigenvalue weighted by Gasteiger charge is 2.32. The quantitative estimate of drug-likeness (QED) is 0.107. The summed E-state index contributed by atoms with van der Waals surface area (Å²) in [4.78, 5) is 8.07. The van der Waals surface area contributed by atoms with Gasteiger partial charge in [0.15, 0.2) is 33.0 Å². The number of aromatic nitrogens is 2. The number of nitrogens with zero attached hydrogens (tertiary/aromatic N) is 4. The molecule has 0 bridgehead atoms. The molecule has 15 heteroatoms. The smallest absolute Gasteiger partial charge is 0.261 e. The Hall–Kier alpha value is -4.83. The van der Waals surface area contributed by atoms with Gasteiger partial charge in [-0.3, -0.25) is 0 Å². The lowest BCUT2D eigenvalue weighted by Gasteiger charge is -2.30. The van der Waals surface area contributed by atoms with Crippen molar-refractivity contribution >= 4 is 32.2 Å². The van der Waals surface area contributed by atoms with E-state index in [4.69, 9.17) is 18.9 Å². The van der Waals surface area contributed by atoms with Crippen LogP contribution in [-0.4, -0.2) is 78.6 Å². The molecule has 2 aromatic carbocycles. The van der Waals surface area contributed by atoms with Crippen LogP contribution in [0.3, 0.4) is 0 Å². The molecule has 4 aromatic rings. The van der Waals surface area contributed by atoms with Crippen LogP contribution in [0.25, 0.3) is 12.2 Å². The van der Waals surface area contributed by atoms with Crippen LogP contribution < -0.4 is 18.9 Å². The van der Waals surface area contributed by atoms with Gasteiger partial charge in [0.1, 0.15) is 24.5 Å². The number of rotatable bonds is 16. The van der Waals surface area contributed by atoms with Gasteiger partial charge in [-0.1, -0.05) is 31.2 Å². The van der Waals surface area contributed by atoms with Crippen LogP contribution in [0.4, 0.5) is 4.39 Å². The highest BCUT2D eigenvalue weighted by atomic mass is 32.2. The highest BCUT2D eigenvalue weighted by Crippen LogP contribution is 2.42. The molecule has 0 unspecified atom stereocenters. The highest BCUT2D eigenvalue weighted by molar-refractivity contribution is 7.89. The van der Waals surface area contributed by atoms with E-state index in [0.29, 0.717) is 35.2 Å². The van der Waals surface area contributed by atoms with Crippen molar-refractivity contribution in [2.75, 3.05) is 19.9 Å². The largest absolute Gasteiger partial charge is 0.490 e. The van der Waals surface area contributed by atoms with Crippen LogP contribution in [0.1, 0.15) is 91.0 Å². The van der Waals surface area contributed by atoms with Gasteiger partial charge < -0.3 is 18.9 Å². The molecule has 12 nitrogen and oxygen atoms in total. The second-order valence-electron chi connectivity index (χ2n) is 16.1. The monoisotopic (exact) mass is 864 g/mol. The molecule has 324 valence electrons.